The van der Waals surface area contributed by atoms with Gasteiger partial charge in [0.25, 0.3) is 0 Å². The zero-order valence-corrected chi connectivity index (χ0v) is 14.3. The van der Waals surface area contributed by atoms with E-state index in [1.54, 1.807) is 0 Å². The maximum absolute atomic E-state index is 6.54. The highest BCUT2D eigenvalue weighted by molar-refractivity contribution is 6.33. The van der Waals surface area contributed by atoms with E-state index in [0.29, 0.717) is 6.04 Å². The summed E-state index contributed by atoms with van der Waals surface area (Å²) in [5.41, 5.74) is 2.46. The summed E-state index contributed by atoms with van der Waals surface area (Å²) in [7, 11) is 4.28. The van der Waals surface area contributed by atoms with Crippen LogP contribution in [0, 0.1) is 0 Å². The number of nitrogens with one attached hydrogen (secondary N) is 1. The van der Waals surface area contributed by atoms with E-state index in [2.05, 4.69) is 54.3 Å². The predicted octanol–water partition coefficient (Wildman–Crippen LogP) is 3.37. The van der Waals surface area contributed by atoms with E-state index in [-0.39, 0.29) is 0 Å². The van der Waals surface area contributed by atoms with Crippen LogP contribution in [0.15, 0.2) is 18.2 Å². The highest BCUT2D eigenvalue weighted by Gasteiger charge is 2.26. The quantitative estimate of drug-likeness (QED) is 0.779. The maximum Gasteiger partial charge on any atom is 0.0642 e. The third-order valence-corrected chi connectivity index (χ3v) is 4.33. The van der Waals surface area contributed by atoms with Gasteiger partial charge in [-0.15, -0.1) is 0 Å². The average Bonchev–Trinajstić information content (AvgIpc) is 2.86. The number of benzene rings is 1. The number of rotatable bonds is 7. The lowest BCUT2D eigenvalue weighted by atomic mass is 10.1. The molecular weight excluding hydrogens is 282 g/mol. The minimum absolute atomic E-state index is 0.585. The van der Waals surface area contributed by atoms with Crippen molar-refractivity contribution in [1.29, 1.82) is 0 Å². The van der Waals surface area contributed by atoms with Crippen LogP contribution in [-0.4, -0.2) is 44.7 Å². The van der Waals surface area contributed by atoms with E-state index < -0.39 is 0 Å². The molecule has 1 heterocycles. The molecule has 0 aliphatic carbocycles. The van der Waals surface area contributed by atoms with Crippen molar-refractivity contribution in [2.45, 2.75) is 38.8 Å². The zero-order valence-electron chi connectivity index (χ0n) is 13.5. The van der Waals surface area contributed by atoms with Gasteiger partial charge in [-0.3, -0.25) is 0 Å². The second-order valence-electron chi connectivity index (χ2n) is 6.21. The molecule has 2 rings (SSSR count). The van der Waals surface area contributed by atoms with E-state index in [1.165, 1.54) is 24.1 Å². The molecule has 1 unspecified atom stereocenters. The standard InChI is InChI=1S/C17H28ClN3/c1-4-9-19-12-14-7-8-17(16(18)11-14)21-10-5-6-15(21)13-20(2)3/h7-8,11,15,19H,4-6,9-10,12-13H2,1-3H3. The summed E-state index contributed by atoms with van der Waals surface area (Å²) in [5.74, 6) is 0. The first kappa shape index (κ1) is 16.6. The van der Waals surface area contributed by atoms with Crippen LogP contribution in [0.1, 0.15) is 31.7 Å². The number of halogens is 1. The van der Waals surface area contributed by atoms with Crippen LogP contribution >= 0.6 is 11.6 Å². The Morgan fingerprint density at radius 2 is 2.19 bits per heavy atom. The fourth-order valence-electron chi connectivity index (χ4n) is 3.07. The molecule has 0 amide bonds. The van der Waals surface area contributed by atoms with Gasteiger partial charge in [-0.05, 0) is 57.6 Å². The summed E-state index contributed by atoms with van der Waals surface area (Å²) < 4.78 is 0. The second kappa shape index (κ2) is 8.02. The molecule has 4 heteroatoms. The molecule has 0 bridgehead atoms. The third-order valence-electron chi connectivity index (χ3n) is 4.03. The molecule has 1 aromatic rings. The van der Waals surface area contributed by atoms with Gasteiger partial charge in [0.1, 0.15) is 0 Å². The van der Waals surface area contributed by atoms with Crippen LogP contribution < -0.4 is 10.2 Å². The van der Waals surface area contributed by atoms with Crippen LogP contribution in [0.3, 0.4) is 0 Å². The van der Waals surface area contributed by atoms with Crippen molar-refractivity contribution in [3.8, 4) is 0 Å². The van der Waals surface area contributed by atoms with Gasteiger partial charge in [-0.25, -0.2) is 0 Å². The molecule has 1 aliphatic rings. The lowest BCUT2D eigenvalue weighted by Gasteiger charge is -2.30. The van der Waals surface area contributed by atoms with Crippen molar-refractivity contribution in [3.63, 3.8) is 0 Å². The predicted molar refractivity (Wildman–Crippen MR) is 92.4 cm³/mol. The van der Waals surface area contributed by atoms with Crippen LogP contribution in [0.25, 0.3) is 0 Å². The summed E-state index contributed by atoms with van der Waals surface area (Å²) in [4.78, 5) is 4.74. The van der Waals surface area contributed by atoms with Gasteiger partial charge in [0, 0.05) is 25.7 Å². The van der Waals surface area contributed by atoms with Gasteiger partial charge in [-0.1, -0.05) is 24.6 Å². The maximum atomic E-state index is 6.54. The van der Waals surface area contributed by atoms with E-state index in [1.807, 2.05) is 0 Å². The van der Waals surface area contributed by atoms with Gasteiger partial charge in [0.15, 0.2) is 0 Å². The number of anilines is 1. The molecule has 3 nitrogen and oxygen atoms in total. The molecule has 1 fully saturated rings. The van der Waals surface area contributed by atoms with Crippen molar-refractivity contribution in [2.24, 2.45) is 0 Å². The minimum atomic E-state index is 0.585. The van der Waals surface area contributed by atoms with Crippen LogP contribution in [0.4, 0.5) is 5.69 Å². The molecule has 1 aromatic carbocycles. The van der Waals surface area contributed by atoms with Gasteiger partial charge in [0.05, 0.1) is 10.7 Å². The van der Waals surface area contributed by atoms with Crippen molar-refractivity contribution >= 4 is 17.3 Å². The number of nitrogens with zero attached hydrogens (tertiary/aromatic N) is 2. The molecule has 0 radical (unpaired) electrons. The van der Waals surface area contributed by atoms with Gasteiger partial charge < -0.3 is 15.1 Å². The summed E-state index contributed by atoms with van der Waals surface area (Å²) in [6, 6.07) is 7.10. The lowest BCUT2D eigenvalue weighted by Crippen LogP contribution is -2.37. The fourth-order valence-corrected chi connectivity index (χ4v) is 3.38. The summed E-state index contributed by atoms with van der Waals surface area (Å²) in [5, 5.41) is 4.31. The van der Waals surface area contributed by atoms with Gasteiger partial charge >= 0.3 is 0 Å². The minimum Gasteiger partial charge on any atom is -0.366 e. The third kappa shape index (κ3) is 4.60. The number of likely N-dealkylation sites (N-methyl/N-ethyl adjacent to an activating group) is 1. The zero-order chi connectivity index (χ0) is 15.2. The molecule has 0 aromatic heterocycles. The van der Waals surface area contributed by atoms with E-state index in [0.717, 1.165) is 37.6 Å². The topological polar surface area (TPSA) is 18.5 Å². The number of hydrogen-bond acceptors (Lipinski definition) is 3. The summed E-state index contributed by atoms with van der Waals surface area (Å²) >= 11 is 6.54. The Morgan fingerprint density at radius 1 is 1.38 bits per heavy atom. The lowest BCUT2D eigenvalue weighted by molar-refractivity contribution is 0.372. The normalized spacial score (nSPS) is 18.7. The van der Waals surface area contributed by atoms with Crippen molar-refractivity contribution in [2.75, 3.05) is 38.6 Å². The Hall–Kier alpha value is -0.770. The molecular formula is C17H28ClN3. The molecule has 1 aliphatic heterocycles. The Labute approximate surface area is 134 Å². The highest BCUT2D eigenvalue weighted by Crippen LogP contribution is 2.32. The van der Waals surface area contributed by atoms with Crippen LogP contribution in [0.5, 0.6) is 0 Å². The Morgan fingerprint density at radius 3 is 2.86 bits per heavy atom. The average molecular weight is 310 g/mol. The molecule has 0 spiro atoms. The number of hydrogen-bond donors (Lipinski definition) is 1. The molecule has 0 saturated carbocycles. The Balaban J connectivity index is 2.05. The highest BCUT2D eigenvalue weighted by atomic mass is 35.5. The fraction of sp³-hybridized carbons (Fsp3) is 0.647. The molecule has 1 N–H and O–H groups in total. The summed E-state index contributed by atoms with van der Waals surface area (Å²) in [6.07, 6.45) is 3.68. The van der Waals surface area contributed by atoms with E-state index >= 15 is 0 Å². The summed E-state index contributed by atoms with van der Waals surface area (Å²) in [6.45, 7) is 6.34. The first-order valence-corrected chi connectivity index (χ1v) is 8.40. The Kier molecular flexibility index (Phi) is 6.34. The second-order valence-corrected chi connectivity index (χ2v) is 6.62. The smallest absolute Gasteiger partial charge is 0.0642 e. The van der Waals surface area contributed by atoms with Crippen molar-refractivity contribution in [3.05, 3.63) is 28.8 Å². The molecule has 1 saturated heterocycles. The monoisotopic (exact) mass is 309 g/mol. The van der Waals surface area contributed by atoms with E-state index in [4.69, 9.17) is 11.6 Å². The van der Waals surface area contributed by atoms with Gasteiger partial charge in [-0.2, -0.15) is 0 Å². The van der Waals surface area contributed by atoms with E-state index in [9.17, 15) is 0 Å². The van der Waals surface area contributed by atoms with Crippen LogP contribution in [0.2, 0.25) is 5.02 Å². The van der Waals surface area contributed by atoms with Crippen molar-refractivity contribution in [1.82, 2.24) is 10.2 Å². The molecule has 118 valence electrons. The van der Waals surface area contributed by atoms with Gasteiger partial charge in [0.2, 0.25) is 0 Å². The SMILES string of the molecule is CCCNCc1ccc(N2CCCC2CN(C)C)c(Cl)c1. The molecule has 21 heavy (non-hydrogen) atoms. The molecule has 1 atom stereocenters. The first-order valence-electron chi connectivity index (χ1n) is 8.02. The Bertz CT molecular complexity index is 448. The van der Waals surface area contributed by atoms with Crippen LogP contribution in [-0.2, 0) is 6.54 Å². The first-order chi connectivity index (χ1) is 10.1. The largest absolute Gasteiger partial charge is 0.366 e. The van der Waals surface area contributed by atoms with Crippen molar-refractivity contribution < 1.29 is 0 Å².